The fraction of sp³-hybridized carbons (Fsp3) is 0.458. The number of carbonyl (C=O) groups excluding carboxylic acids is 1. The molecule has 4 rings (SSSR count). The summed E-state index contributed by atoms with van der Waals surface area (Å²) in [5.41, 5.74) is 6.32. The van der Waals surface area contributed by atoms with Crippen molar-refractivity contribution in [3.63, 3.8) is 0 Å². The zero-order valence-electron chi connectivity index (χ0n) is 21.1. The second kappa shape index (κ2) is 11.3. The zero-order chi connectivity index (χ0) is 27.4. The summed E-state index contributed by atoms with van der Waals surface area (Å²) in [5, 5.41) is 12.0. The smallest absolute Gasteiger partial charge is 0.407 e. The Labute approximate surface area is 219 Å². The van der Waals surface area contributed by atoms with E-state index in [9.17, 15) is 23.7 Å². The number of nitrogens with two attached hydrogens (primary N) is 1. The number of rotatable bonds is 10. The van der Waals surface area contributed by atoms with Crippen LogP contribution in [0.15, 0.2) is 40.3 Å². The molecule has 1 amide bonds. The van der Waals surface area contributed by atoms with Gasteiger partial charge in [-0.2, -0.15) is 4.98 Å². The highest BCUT2D eigenvalue weighted by molar-refractivity contribution is 7.92. The maximum absolute atomic E-state index is 13.5. The van der Waals surface area contributed by atoms with Crippen LogP contribution < -0.4 is 16.7 Å². The van der Waals surface area contributed by atoms with Crippen molar-refractivity contribution in [1.82, 2.24) is 29.3 Å². The van der Waals surface area contributed by atoms with Crippen LogP contribution in [0.2, 0.25) is 0 Å². The van der Waals surface area contributed by atoms with Gasteiger partial charge in [0.05, 0.1) is 13.1 Å². The fourth-order valence-electron chi connectivity index (χ4n) is 4.75. The van der Waals surface area contributed by atoms with Crippen LogP contribution >= 0.6 is 0 Å². The molecule has 1 aromatic carbocycles. The maximum Gasteiger partial charge on any atom is 0.407 e. The van der Waals surface area contributed by atoms with Crippen molar-refractivity contribution in [3.05, 3.63) is 46.4 Å². The first-order valence-electron chi connectivity index (χ1n) is 12.5. The lowest BCUT2D eigenvalue weighted by molar-refractivity contribution is 0.0910. The van der Waals surface area contributed by atoms with E-state index in [-0.39, 0.29) is 47.0 Å². The van der Waals surface area contributed by atoms with Gasteiger partial charge in [-0.3, -0.25) is 9.36 Å². The number of imidazole rings is 1. The minimum Gasteiger partial charge on any atom is -0.465 e. The van der Waals surface area contributed by atoms with E-state index in [1.807, 2.05) is 30.3 Å². The number of carbonyl (C=O) groups is 2. The molecule has 2 atom stereocenters. The number of nitrogens with one attached hydrogen (secondary N) is 2. The second-order valence-corrected chi connectivity index (χ2v) is 11.4. The van der Waals surface area contributed by atoms with Crippen molar-refractivity contribution in [2.45, 2.75) is 50.4 Å². The first kappa shape index (κ1) is 27.3. The number of nitrogen functional groups attached to an aromatic ring is 1. The van der Waals surface area contributed by atoms with Crippen molar-refractivity contribution in [1.29, 1.82) is 4.78 Å². The number of amides is 1. The van der Waals surface area contributed by atoms with Crippen molar-refractivity contribution in [2.75, 3.05) is 31.1 Å². The molecule has 13 nitrogen and oxygen atoms in total. The van der Waals surface area contributed by atoms with Gasteiger partial charge >= 0.3 is 11.8 Å². The summed E-state index contributed by atoms with van der Waals surface area (Å²) >= 11 is 0. The molecule has 0 radical (unpaired) electrons. The van der Waals surface area contributed by atoms with Gasteiger partial charge in [0.25, 0.3) is 0 Å². The molecule has 1 fully saturated rings. The highest BCUT2D eigenvalue weighted by Gasteiger charge is 2.28. The topological polar surface area (TPSA) is 189 Å². The third-order valence-electron chi connectivity index (χ3n) is 6.55. The molecule has 38 heavy (non-hydrogen) atoms. The lowest BCUT2D eigenvalue weighted by Gasteiger charge is -2.21. The van der Waals surface area contributed by atoms with Gasteiger partial charge in [0.2, 0.25) is 11.1 Å². The number of benzene rings is 1. The van der Waals surface area contributed by atoms with Gasteiger partial charge in [0, 0.05) is 18.3 Å². The number of hydrogen-bond donors (Lipinski definition) is 4. The third-order valence-corrected chi connectivity index (χ3v) is 8.30. The highest BCUT2D eigenvalue weighted by atomic mass is 32.2. The summed E-state index contributed by atoms with van der Waals surface area (Å²) in [7, 11) is -3.34. The van der Waals surface area contributed by atoms with E-state index in [4.69, 9.17) is 10.5 Å². The van der Waals surface area contributed by atoms with Crippen LogP contribution in [0.5, 0.6) is 0 Å². The van der Waals surface area contributed by atoms with Gasteiger partial charge in [-0.1, -0.05) is 37.3 Å². The van der Waals surface area contributed by atoms with Gasteiger partial charge in [0.15, 0.2) is 11.5 Å². The molecule has 0 spiro atoms. The van der Waals surface area contributed by atoms with Crippen LogP contribution in [0.25, 0.3) is 11.2 Å². The van der Waals surface area contributed by atoms with Crippen LogP contribution in [0.3, 0.4) is 0 Å². The van der Waals surface area contributed by atoms with E-state index in [1.54, 1.807) is 6.92 Å². The summed E-state index contributed by atoms with van der Waals surface area (Å²) in [6.07, 6.45) is 1.62. The van der Waals surface area contributed by atoms with E-state index < -0.39 is 27.4 Å². The number of anilines is 1. The largest absolute Gasteiger partial charge is 0.465 e. The van der Waals surface area contributed by atoms with E-state index in [1.165, 1.54) is 9.47 Å². The predicted octanol–water partition coefficient (Wildman–Crippen LogP) is 1.80. The molecule has 0 bridgehead atoms. The van der Waals surface area contributed by atoms with Gasteiger partial charge in [-0.05, 0) is 37.8 Å². The standard InChI is InChI=1S/C24H32N8O5S/c1-2-13-38(26,37)22-28-20(25)19-21(29-22)31(15-16-7-4-3-5-8-16)23(34)32(19)18(33)14-27-11-10-17-9-6-12-30(17)24(35)36/h3-5,7-8,17,26-27H,2,6,9-15H2,1H3,(H,35,36)(H2,25,28,29). The molecule has 2 unspecified atom stereocenters. The molecule has 0 saturated carbocycles. The third kappa shape index (κ3) is 5.55. The average Bonchev–Trinajstić information content (AvgIpc) is 3.46. The molecule has 1 aliphatic heterocycles. The molecular formula is C24H32N8O5S. The Morgan fingerprint density at radius 1 is 1.26 bits per heavy atom. The Morgan fingerprint density at radius 2 is 2.00 bits per heavy atom. The molecule has 3 heterocycles. The normalized spacial score (nSPS) is 17.1. The van der Waals surface area contributed by atoms with E-state index in [0.29, 0.717) is 25.9 Å². The first-order valence-corrected chi connectivity index (χ1v) is 14.2. The number of aromatic nitrogens is 4. The first-order chi connectivity index (χ1) is 18.1. The highest BCUT2D eigenvalue weighted by Crippen LogP contribution is 2.22. The van der Waals surface area contributed by atoms with Crippen molar-refractivity contribution in [2.24, 2.45) is 0 Å². The molecule has 3 aromatic rings. The summed E-state index contributed by atoms with van der Waals surface area (Å²) in [6.45, 7) is 2.55. The minimum absolute atomic E-state index is 0.000949. The molecule has 2 aromatic heterocycles. The number of fused-ring (bicyclic) bond motifs is 1. The van der Waals surface area contributed by atoms with Gasteiger partial charge < -0.3 is 21.1 Å². The fourth-order valence-corrected chi connectivity index (χ4v) is 5.98. The van der Waals surface area contributed by atoms with Gasteiger partial charge in [-0.25, -0.2) is 28.1 Å². The Kier molecular flexibility index (Phi) is 8.11. The molecule has 5 N–H and O–H groups in total. The van der Waals surface area contributed by atoms with E-state index >= 15 is 0 Å². The van der Waals surface area contributed by atoms with Crippen molar-refractivity contribution in [3.8, 4) is 0 Å². The lowest BCUT2D eigenvalue weighted by Crippen LogP contribution is -2.38. The zero-order valence-corrected chi connectivity index (χ0v) is 21.9. The Balaban J connectivity index is 1.65. The van der Waals surface area contributed by atoms with E-state index in [0.717, 1.165) is 23.0 Å². The minimum atomic E-state index is -3.34. The summed E-state index contributed by atoms with van der Waals surface area (Å²) in [4.78, 5) is 47.9. The second-order valence-electron chi connectivity index (χ2n) is 9.26. The van der Waals surface area contributed by atoms with Crippen LogP contribution in [0.4, 0.5) is 10.6 Å². The summed E-state index contributed by atoms with van der Waals surface area (Å²) < 4.78 is 23.3. The molecule has 204 valence electrons. The number of carboxylic acid groups (broad SMARTS) is 1. The quantitative estimate of drug-likeness (QED) is 0.218. The molecule has 1 aliphatic rings. The number of likely N-dealkylation sites (tertiary alicyclic amines) is 1. The van der Waals surface area contributed by atoms with Crippen LogP contribution in [-0.4, -0.2) is 76.7 Å². The molecular weight excluding hydrogens is 512 g/mol. The van der Waals surface area contributed by atoms with Crippen molar-refractivity contribution >= 4 is 38.7 Å². The maximum atomic E-state index is 13.5. The van der Waals surface area contributed by atoms with Gasteiger partial charge in [0.1, 0.15) is 15.2 Å². The van der Waals surface area contributed by atoms with Crippen LogP contribution in [-0.2, 0) is 16.3 Å². The van der Waals surface area contributed by atoms with Crippen LogP contribution in [0, 0.1) is 4.78 Å². The number of hydrogen-bond acceptors (Lipinski definition) is 9. The van der Waals surface area contributed by atoms with Gasteiger partial charge in [-0.15, -0.1) is 0 Å². The van der Waals surface area contributed by atoms with E-state index in [2.05, 4.69) is 15.3 Å². The number of nitrogens with zero attached hydrogens (tertiary/aromatic N) is 5. The Hall–Kier alpha value is -3.78. The van der Waals surface area contributed by atoms with Crippen LogP contribution in [0.1, 0.15) is 43.0 Å². The average molecular weight is 545 g/mol. The predicted molar refractivity (Wildman–Crippen MR) is 142 cm³/mol. The monoisotopic (exact) mass is 544 g/mol. The molecule has 0 aliphatic carbocycles. The van der Waals surface area contributed by atoms with Crippen molar-refractivity contribution < 1.29 is 18.9 Å². The SMILES string of the molecule is CCCS(=N)(=O)c1nc(N)c2c(n1)n(Cc1ccccc1)c(=O)n2C(=O)CNCCC1CCCN1C(=O)O. The molecule has 14 heteroatoms. The Bertz CT molecular complexity index is 1500. The molecule has 1 saturated heterocycles. The summed E-state index contributed by atoms with van der Waals surface area (Å²) in [6, 6.07) is 8.99. The summed E-state index contributed by atoms with van der Waals surface area (Å²) in [5.74, 6) is -0.761. The Morgan fingerprint density at radius 3 is 2.68 bits per heavy atom. The lowest BCUT2D eigenvalue weighted by atomic mass is 10.1.